The van der Waals surface area contributed by atoms with Gasteiger partial charge in [-0.25, -0.2) is 0 Å². The zero-order valence-corrected chi connectivity index (χ0v) is 29.0. The van der Waals surface area contributed by atoms with Crippen LogP contribution in [-0.4, -0.2) is 116 Å². The molecule has 2 saturated heterocycles. The van der Waals surface area contributed by atoms with E-state index in [1.54, 1.807) is 0 Å². The highest BCUT2D eigenvalue weighted by molar-refractivity contribution is 5.86. The molecule has 0 aromatic rings. The quantitative estimate of drug-likeness (QED) is 0.0559. The van der Waals surface area contributed by atoms with Crippen LogP contribution in [0, 0.1) is 0 Å². The number of hydrogen-bond donors (Lipinski definition) is 1. The summed E-state index contributed by atoms with van der Waals surface area (Å²) in [6, 6.07) is -1.42. The lowest BCUT2D eigenvalue weighted by atomic mass is 10.1. The summed E-state index contributed by atoms with van der Waals surface area (Å²) in [7, 11) is 2.68. The number of amides is 2. The largest absolute Gasteiger partial charge is 0.469 e. The van der Waals surface area contributed by atoms with Gasteiger partial charge in [-0.15, -0.1) is 13.2 Å². The highest BCUT2D eigenvalue weighted by Crippen LogP contribution is 2.35. The van der Waals surface area contributed by atoms with Crippen molar-refractivity contribution >= 4 is 23.8 Å². The molecular weight excluding hydrogens is 644 g/mol. The number of rotatable bonds is 21. The van der Waals surface area contributed by atoms with Crippen molar-refractivity contribution in [3.63, 3.8) is 0 Å². The topological polar surface area (TPSA) is 132 Å². The standard InChI is InChI=1S/C18H31F2NO5.C13H21F2NO4.C2H4/c1-4-16(25-5-2)26-13-14-12-18(19,20)17(23)21(14)11-9-7-6-8-10-15(22)24-3;1-20-11(18)6-4-2-3-5-7-16-10(9-17)8-13(14,15)12(16)19;1-2/h14,16H,4-13H2,1-3H3;10,17H,2-9H2,1H3;1-2H2/t14-,16?;10-;/m11./s1. The number of halogens is 4. The normalized spacial score (nSPS) is 20.0. The van der Waals surface area contributed by atoms with Crippen molar-refractivity contribution in [1.82, 2.24) is 9.80 Å². The summed E-state index contributed by atoms with van der Waals surface area (Å²) in [6.45, 7) is 10.3. The Morgan fingerprint density at radius 3 is 1.58 bits per heavy atom. The van der Waals surface area contributed by atoms with E-state index in [1.165, 1.54) is 19.1 Å². The highest BCUT2D eigenvalue weighted by Gasteiger charge is 2.53. The third kappa shape index (κ3) is 16.1. The Hall–Kier alpha value is -2.78. The van der Waals surface area contributed by atoms with Crippen molar-refractivity contribution in [1.29, 1.82) is 0 Å². The van der Waals surface area contributed by atoms with Crippen LogP contribution in [0.3, 0.4) is 0 Å². The first-order valence-electron chi connectivity index (χ1n) is 16.6. The van der Waals surface area contributed by atoms with Crippen LogP contribution < -0.4 is 0 Å². The second kappa shape index (κ2) is 24.4. The predicted molar refractivity (Wildman–Crippen MR) is 170 cm³/mol. The molecule has 48 heavy (non-hydrogen) atoms. The van der Waals surface area contributed by atoms with Gasteiger partial charge in [-0.05, 0) is 39.0 Å². The van der Waals surface area contributed by atoms with Crippen LogP contribution in [0.4, 0.5) is 17.6 Å². The first-order valence-corrected chi connectivity index (χ1v) is 16.6. The zero-order valence-electron chi connectivity index (χ0n) is 29.0. The van der Waals surface area contributed by atoms with Gasteiger partial charge in [0.2, 0.25) is 0 Å². The van der Waals surface area contributed by atoms with Gasteiger partial charge < -0.3 is 33.9 Å². The smallest absolute Gasteiger partial charge is 0.326 e. The summed E-state index contributed by atoms with van der Waals surface area (Å²) >= 11 is 0. The monoisotopic (exact) mass is 700 g/mol. The van der Waals surface area contributed by atoms with Crippen molar-refractivity contribution in [3.8, 4) is 0 Å². The molecule has 1 N–H and O–H groups in total. The third-order valence-electron chi connectivity index (χ3n) is 7.90. The number of carbonyl (C=O) groups excluding carboxylic acids is 4. The maximum absolute atomic E-state index is 13.8. The molecule has 1 unspecified atom stereocenters. The molecule has 2 fully saturated rings. The van der Waals surface area contributed by atoms with Crippen LogP contribution >= 0.6 is 0 Å². The van der Waals surface area contributed by atoms with Crippen molar-refractivity contribution in [2.45, 2.75) is 128 Å². The number of nitrogens with zero attached hydrogens (tertiary/aromatic N) is 2. The Balaban J connectivity index is 0.000000901. The van der Waals surface area contributed by atoms with Crippen molar-refractivity contribution in [3.05, 3.63) is 13.2 Å². The van der Waals surface area contributed by atoms with E-state index in [2.05, 4.69) is 22.6 Å². The lowest BCUT2D eigenvalue weighted by molar-refractivity contribution is -0.154. The number of ether oxygens (including phenoxy) is 4. The number of aliphatic hydroxyl groups is 1. The summed E-state index contributed by atoms with van der Waals surface area (Å²) in [5, 5.41) is 9.04. The number of aliphatic hydroxyl groups excluding tert-OH is 1. The first-order chi connectivity index (χ1) is 22.8. The summed E-state index contributed by atoms with van der Waals surface area (Å²) in [4.78, 5) is 47.6. The molecule has 0 bridgehead atoms. The fourth-order valence-corrected chi connectivity index (χ4v) is 5.32. The second-order valence-electron chi connectivity index (χ2n) is 11.4. The maximum Gasteiger partial charge on any atom is 0.326 e. The summed E-state index contributed by atoms with van der Waals surface area (Å²) in [6.07, 6.45) is 5.38. The lowest BCUT2D eigenvalue weighted by Crippen LogP contribution is -2.39. The molecule has 280 valence electrons. The molecular formula is C33H56F4N2O9. The minimum Gasteiger partial charge on any atom is -0.469 e. The van der Waals surface area contributed by atoms with Gasteiger partial charge in [0.15, 0.2) is 6.29 Å². The Kier molecular flexibility index (Phi) is 23.0. The predicted octanol–water partition coefficient (Wildman–Crippen LogP) is 5.28. The molecule has 2 rings (SSSR count). The van der Waals surface area contributed by atoms with Gasteiger partial charge in [0.25, 0.3) is 11.8 Å². The number of likely N-dealkylation sites (tertiary alicyclic amines) is 2. The van der Waals surface area contributed by atoms with Crippen molar-refractivity contribution < 1.29 is 60.8 Å². The Morgan fingerprint density at radius 1 is 0.771 bits per heavy atom. The minimum absolute atomic E-state index is 0.0438. The van der Waals surface area contributed by atoms with Crippen molar-refractivity contribution in [2.75, 3.05) is 47.1 Å². The number of hydrogen-bond acceptors (Lipinski definition) is 9. The van der Waals surface area contributed by atoms with Gasteiger partial charge in [0, 0.05) is 45.4 Å². The number of unbranched alkanes of at least 4 members (excludes halogenated alkanes) is 6. The molecule has 0 aromatic carbocycles. The molecule has 2 aliphatic heterocycles. The van der Waals surface area contributed by atoms with E-state index in [9.17, 15) is 36.7 Å². The Labute approximate surface area is 282 Å². The van der Waals surface area contributed by atoms with E-state index in [0.717, 1.165) is 30.6 Å². The average molecular weight is 701 g/mol. The SMILES string of the molecule is C=C.CCOC(CC)OC[C@H]1CC(F)(F)C(=O)N1CCCCCCC(=O)OC.COC(=O)CCCCCCN1C(=O)C(F)(F)C[C@@H]1CO. The Bertz CT molecular complexity index is 958. The van der Waals surface area contributed by atoms with Gasteiger partial charge in [-0.3, -0.25) is 19.2 Å². The molecule has 15 heteroatoms. The second-order valence-corrected chi connectivity index (χ2v) is 11.4. The summed E-state index contributed by atoms with van der Waals surface area (Å²) in [5.41, 5.74) is 0. The zero-order chi connectivity index (χ0) is 36.8. The average Bonchev–Trinajstić information content (AvgIpc) is 3.44. The van der Waals surface area contributed by atoms with E-state index in [0.29, 0.717) is 51.6 Å². The number of carbonyl (C=O) groups is 4. The van der Waals surface area contributed by atoms with Crippen LogP contribution in [0.5, 0.6) is 0 Å². The third-order valence-corrected chi connectivity index (χ3v) is 7.90. The molecule has 2 amide bonds. The van der Waals surface area contributed by atoms with Crippen LogP contribution in [-0.2, 0) is 38.1 Å². The minimum atomic E-state index is -3.35. The highest BCUT2D eigenvalue weighted by atomic mass is 19.3. The van der Waals surface area contributed by atoms with Gasteiger partial charge in [0.05, 0.1) is 39.5 Å². The van der Waals surface area contributed by atoms with Crippen LogP contribution in [0.1, 0.15) is 97.3 Å². The van der Waals surface area contributed by atoms with Crippen LogP contribution in [0.2, 0.25) is 0 Å². The van der Waals surface area contributed by atoms with Gasteiger partial charge in [-0.1, -0.05) is 32.6 Å². The molecule has 0 radical (unpaired) electrons. The summed E-state index contributed by atoms with van der Waals surface area (Å²) in [5.74, 6) is -9.50. The molecule has 11 nitrogen and oxygen atoms in total. The first kappa shape index (κ1) is 45.2. The molecule has 2 aliphatic rings. The molecule has 2 heterocycles. The van der Waals surface area contributed by atoms with Gasteiger partial charge >= 0.3 is 23.8 Å². The van der Waals surface area contributed by atoms with Gasteiger partial charge in [-0.2, -0.15) is 17.6 Å². The number of alkyl halides is 4. The van der Waals surface area contributed by atoms with Crippen molar-refractivity contribution in [2.24, 2.45) is 0 Å². The number of methoxy groups -OCH3 is 2. The van der Waals surface area contributed by atoms with E-state index in [4.69, 9.17) is 14.6 Å². The fourth-order valence-electron chi connectivity index (χ4n) is 5.32. The molecule has 3 atom stereocenters. The maximum atomic E-state index is 13.8. The lowest BCUT2D eigenvalue weighted by Gasteiger charge is -2.26. The number of esters is 2. The van der Waals surface area contributed by atoms with E-state index in [1.807, 2.05) is 13.8 Å². The molecule has 0 aliphatic carbocycles. The van der Waals surface area contributed by atoms with Crippen LogP contribution in [0.15, 0.2) is 13.2 Å². The van der Waals surface area contributed by atoms with Gasteiger partial charge in [0.1, 0.15) is 0 Å². The molecule has 0 spiro atoms. The van der Waals surface area contributed by atoms with E-state index >= 15 is 0 Å². The van der Waals surface area contributed by atoms with Crippen LogP contribution in [0.25, 0.3) is 0 Å². The van der Waals surface area contributed by atoms with E-state index < -0.39 is 61.5 Å². The molecule has 0 aromatic heterocycles. The fraction of sp³-hybridized carbons (Fsp3) is 0.818. The molecule has 0 saturated carbocycles. The Morgan fingerprint density at radius 2 is 1.19 bits per heavy atom. The van der Waals surface area contributed by atoms with E-state index in [-0.39, 0.29) is 31.6 Å². The summed E-state index contributed by atoms with van der Waals surface area (Å²) < 4.78 is 74.1.